The average Bonchev–Trinajstić information content (AvgIpc) is 2.34. The third-order valence-electron chi connectivity index (χ3n) is 3.00. The molecule has 2 amide bonds. The topological polar surface area (TPSA) is 72.9 Å². The summed E-state index contributed by atoms with van der Waals surface area (Å²) in [7, 11) is 1.97. The highest BCUT2D eigenvalue weighted by atomic mass is 16.4. The Hall–Kier alpha value is -1.30. The van der Waals surface area contributed by atoms with Crippen LogP contribution in [-0.4, -0.2) is 66.2 Å². The molecule has 1 atom stereocenters. The van der Waals surface area contributed by atoms with Gasteiger partial charge in [0, 0.05) is 19.1 Å². The van der Waals surface area contributed by atoms with Crippen molar-refractivity contribution >= 4 is 12.0 Å². The Bertz CT molecular complexity index is 271. The van der Waals surface area contributed by atoms with Crippen molar-refractivity contribution in [3.05, 3.63) is 0 Å². The number of amides is 2. The van der Waals surface area contributed by atoms with Gasteiger partial charge in [-0.2, -0.15) is 0 Å². The minimum absolute atomic E-state index is 0.0787. The first-order chi connectivity index (χ1) is 8.42. The fourth-order valence-electron chi connectivity index (χ4n) is 1.41. The van der Waals surface area contributed by atoms with Crippen LogP contribution < -0.4 is 5.32 Å². The Morgan fingerprint density at radius 3 is 2.39 bits per heavy atom. The van der Waals surface area contributed by atoms with Gasteiger partial charge >= 0.3 is 12.0 Å². The van der Waals surface area contributed by atoms with E-state index in [4.69, 9.17) is 5.11 Å². The second-order valence-corrected chi connectivity index (χ2v) is 4.41. The number of hydrogen-bond acceptors (Lipinski definition) is 3. The minimum atomic E-state index is -0.990. The van der Waals surface area contributed by atoms with Gasteiger partial charge in [0.2, 0.25) is 0 Å². The lowest BCUT2D eigenvalue weighted by atomic mass is 10.2. The Kier molecular flexibility index (Phi) is 8.11. The van der Waals surface area contributed by atoms with Gasteiger partial charge in [0.25, 0.3) is 0 Å². The van der Waals surface area contributed by atoms with Crippen LogP contribution in [0, 0.1) is 0 Å². The third kappa shape index (κ3) is 6.44. The molecule has 0 aliphatic carbocycles. The van der Waals surface area contributed by atoms with Crippen molar-refractivity contribution in [2.24, 2.45) is 0 Å². The number of aliphatic carboxylic acids is 1. The highest BCUT2D eigenvalue weighted by Gasteiger charge is 2.20. The number of hydrogen-bond donors (Lipinski definition) is 2. The van der Waals surface area contributed by atoms with Gasteiger partial charge < -0.3 is 20.2 Å². The van der Waals surface area contributed by atoms with Crippen LogP contribution in [0.3, 0.4) is 0 Å². The largest absolute Gasteiger partial charge is 0.480 e. The maximum Gasteiger partial charge on any atom is 0.323 e. The van der Waals surface area contributed by atoms with E-state index in [2.05, 4.69) is 10.2 Å². The van der Waals surface area contributed by atoms with Crippen molar-refractivity contribution in [2.45, 2.75) is 33.2 Å². The van der Waals surface area contributed by atoms with Gasteiger partial charge in [-0.1, -0.05) is 13.8 Å². The normalized spacial score (nSPS) is 12.3. The van der Waals surface area contributed by atoms with E-state index in [1.54, 1.807) is 0 Å². The zero-order valence-electron chi connectivity index (χ0n) is 11.8. The average molecular weight is 259 g/mol. The summed E-state index contributed by atoms with van der Waals surface area (Å²) in [5.41, 5.74) is 0. The highest BCUT2D eigenvalue weighted by Crippen LogP contribution is 2.03. The SMILES string of the molecule is CCC(C)N(CC(=O)O)C(=O)NCCN(C)CC. The van der Waals surface area contributed by atoms with E-state index < -0.39 is 5.97 Å². The first-order valence-corrected chi connectivity index (χ1v) is 6.37. The van der Waals surface area contributed by atoms with Crippen LogP contribution in [0.5, 0.6) is 0 Å². The molecule has 0 aliphatic rings. The van der Waals surface area contributed by atoms with Crippen LogP contribution in [0.15, 0.2) is 0 Å². The number of likely N-dealkylation sites (N-methyl/N-ethyl adjacent to an activating group) is 1. The maximum atomic E-state index is 11.9. The molecule has 0 aromatic heterocycles. The Labute approximate surface area is 109 Å². The molecule has 0 heterocycles. The number of carboxylic acids is 1. The van der Waals surface area contributed by atoms with E-state index in [0.29, 0.717) is 6.54 Å². The van der Waals surface area contributed by atoms with Crippen molar-refractivity contribution in [3.8, 4) is 0 Å². The van der Waals surface area contributed by atoms with Gasteiger partial charge in [-0.15, -0.1) is 0 Å². The van der Waals surface area contributed by atoms with Crippen LogP contribution in [0.4, 0.5) is 4.79 Å². The number of rotatable bonds is 8. The monoisotopic (exact) mass is 259 g/mol. The quantitative estimate of drug-likeness (QED) is 0.677. The fraction of sp³-hybridized carbons (Fsp3) is 0.833. The van der Waals surface area contributed by atoms with Crippen molar-refractivity contribution in [1.82, 2.24) is 15.1 Å². The lowest BCUT2D eigenvalue weighted by Crippen LogP contribution is -2.48. The van der Waals surface area contributed by atoms with E-state index in [0.717, 1.165) is 19.5 Å². The number of carboxylic acid groups (broad SMARTS) is 1. The molecule has 6 heteroatoms. The first-order valence-electron chi connectivity index (χ1n) is 6.37. The summed E-state index contributed by atoms with van der Waals surface area (Å²) in [5.74, 6) is -0.990. The smallest absolute Gasteiger partial charge is 0.323 e. The Morgan fingerprint density at radius 1 is 1.33 bits per heavy atom. The summed E-state index contributed by atoms with van der Waals surface area (Å²) in [4.78, 5) is 26.0. The molecule has 0 saturated heterocycles. The predicted octanol–water partition coefficient (Wildman–Crippen LogP) is 0.833. The molecule has 18 heavy (non-hydrogen) atoms. The number of nitrogens with zero attached hydrogens (tertiary/aromatic N) is 2. The molecule has 0 aliphatic heterocycles. The molecule has 0 fully saturated rings. The first kappa shape index (κ1) is 16.7. The minimum Gasteiger partial charge on any atom is -0.480 e. The standard InChI is InChI=1S/C12H25N3O3/c1-5-10(3)15(9-11(16)17)12(18)13-7-8-14(4)6-2/h10H,5-9H2,1-4H3,(H,13,18)(H,16,17). The number of carbonyl (C=O) groups is 2. The van der Waals surface area contributed by atoms with E-state index in [1.807, 2.05) is 27.8 Å². The number of carbonyl (C=O) groups excluding carboxylic acids is 1. The summed E-state index contributed by atoms with van der Waals surface area (Å²) in [6, 6.07) is -0.388. The van der Waals surface area contributed by atoms with Gasteiger partial charge in [0.05, 0.1) is 0 Å². The molecular formula is C12H25N3O3. The number of urea groups is 1. The predicted molar refractivity (Wildman–Crippen MR) is 70.7 cm³/mol. The summed E-state index contributed by atoms with van der Waals surface area (Å²) in [6.07, 6.45) is 0.732. The van der Waals surface area contributed by atoms with Gasteiger partial charge in [-0.25, -0.2) is 4.79 Å². The maximum absolute atomic E-state index is 11.9. The molecule has 1 unspecified atom stereocenters. The van der Waals surface area contributed by atoms with Gasteiger partial charge in [0.15, 0.2) is 0 Å². The molecule has 0 aromatic rings. The Balaban J connectivity index is 4.25. The summed E-state index contributed by atoms with van der Waals surface area (Å²) < 4.78 is 0. The van der Waals surface area contributed by atoms with E-state index >= 15 is 0 Å². The second kappa shape index (κ2) is 8.74. The molecule has 2 N–H and O–H groups in total. The number of nitrogens with one attached hydrogen (secondary N) is 1. The zero-order chi connectivity index (χ0) is 14.1. The zero-order valence-corrected chi connectivity index (χ0v) is 11.8. The van der Waals surface area contributed by atoms with E-state index in [-0.39, 0.29) is 18.6 Å². The molecule has 0 rings (SSSR count). The molecule has 0 bridgehead atoms. The third-order valence-corrected chi connectivity index (χ3v) is 3.00. The van der Waals surface area contributed by atoms with Crippen LogP contribution in [-0.2, 0) is 4.79 Å². The molecule has 0 spiro atoms. The van der Waals surface area contributed by atoms with Crippen molar-refractivity contribution in [3.63, 3.8) is 0 Å². The lowest BCUT2D eigenvalue weighted by Gasteiger charge is -2.27. The molecule has 106 valence electrons. The van der Waals surface area contributed by atoms with Gasteiger partial charge in [-0.05, 0) is 26.9 Å². The molecular weight excluding hydrogens is 234 g/mol. The lowest BCUT2D eigenvalue weighted by molar-refractivity contribution is -0.138. The van der Waals surface area contributed by atoms with E-state index in [9.17, 15) is 9.59 Å². The fourth-order valence-corrected chi connectivity index (χ4v) is 1.41. The Morgan fingerprint density at radius 2 is 1.94 bits per heavy atom. The van der Waals surface area contributed by atoms with Crippen LogP contribution in [0.1, 0.15) is 27.2 Å². The summed E-state index contributed by atoms with van der Waals surface area (Å²) in [5, 5.41) is 11.5. The molecule has 0 saturated carbocycles. The van der Waals surface area contributed by atoms with Crippen molar-refractivity contribution in [2.75, 3.05) is 33.2 Å². The van der Waals surface area contributed by atoms with Crippen molar-refractivity contribution in [1.29, 1.82) is 0 Å². The molecule has 6 nitrogen and oxygen atoms in total. The highest BCUT2D eigenvalue weighted by molar-refractivity contribution is 5.80. The van der Waals surface area contributed by atoms with Crippen LogP contribution >= 0.6 is 0 Å². The molecule has 0 radical (unpaired) electrons. The summed E-state index contributed by atoms with van der Waals surface area (Å²) in [6.45, 7) is 7.75. The van der Waals surface area contributed by atoms with Gasteiger partial charge in [-0.3, -0.25) is 4.79 Å². The second-order valence-electron chi connectivity index (χ2n) is 4.41. The van der Waals surface area contributed by atoms with E-state index in [1.165, 1.54) is 4.90 Å². The van der Waals surface area contributed by atoms with Gasteiger partial charge in [0.1, 0.15) is 6.54 Å². The summed E-state index contributed by atoms with van der Waals surface area (Å²) >= 11 is 0. The van der Waals surface area contributed by atoms with Crippen LogP contribution in [0.25, 0.3) is 0 Å². The molecule has 0 aromatic carbocycles. The van der Waals surface area contributed by atoms with Crippen LogP contribution in [0.2, 0.25) is 0 Å². The van der Waals surface area contributed by atoms with Crippen molar-refractivity contribution < 1.29 is 14.7 Å².